The summed E-state index contributed by atoms with van der Waals surface area (Å²) >= 11 is 0. The first-order chi connectivity index (χ1) is 15.8. The van der Waals surface area contributed by atoms with E-state index in [1.54, 1.807) is 0 Å². The van der Waals surface area contributed by atoms with Crippen molar-refractivity contribution >= 4 is 5.97 Å². The van der Waals surface area contributed by atoms with Gasteiger partial charge in [0.05, 0.1) is 18.1 Å². The van der Waals surface area contributed by atoms with Gasteiger partial charge in [0, 0.05) is 5.41 Å². The van der Waals surface area contributed by atoms with Crippen LogP contribution in [0.5, 0.6) is 0 Å². The molecule has 0 amide bonds. The van der Waals surface area contributed by atoms with Crippen LogP contribution in [-0.4, -0.2) is 34.5 Å². The summed E-state index contributed by atoms with van der Waals surface area (Å²) in [5, 5.41) is 21.4. The van der Waals surface area contributed by atoms with Crippen molar-refractivity contribution in [1.82, 2.24) is 0 Å². The number of hydrogen-bond donors (Lipinski definition) is 2. The van der Waals surface area contributed by atoms with E-state index >= 15 is 0 Å². The monoisotopic (exact) mass is 472 g/mol. The molecule has 2 saturated heterocycles. The lowest BCUT2D eigenvalue weighted by Crippen LogP contribution is -2.72. The SMILES string of the molecule is CC1C2C3CCC4C5(C)CCC(O)C(C)(CO)C5CCC4(C)C3(C)CCC23CCC1(C)OC3=O. The maximum absolute atomic E-state index is 13.4. The van der Waals surface area contributed by atoms with Crippen LogP contribution >= 0.6 is 0 Å². The molecule has 192 valence electrons. The normalized spacial score (nSPS) is 62.6. The van der Waals surface area contributed by atoms with Crippen molar-refractivity contribution in [1.29, 1.82) is 0 Å². The first-order valence-electron chi connectivity index (χ1n) is 14.3. The van der Waals surface area contributed by atoms with Crippen molar-refractivity contribution in [2.45, 2.75) is 117 Å². The van der Waals surface area contributed by atoms with E-state index in [1.165, 1.54) is 19.3 Å². The predicted molar refractivity (Wildman–Crippen MR) is 132 cm³/mol. The molecule has 5 aliphatic carbocycles. The van der Waals surface area contributed by atoms with E-state index in [0.29, 0.717) is 29.6 Å². The molecule has 34 heavy (non-hydrogen) atoms. The summed E-state index contributed by atoms with van der Waals surface area (Å²) in [5.74, 6) is 2.58. The lowest BCUT2D eigenvalue weighted by molar-refractivity contribution is -0.291. The largest absolute Gasteiger partial charge is 0.459 e. The Hall–Kier alpha value is -0.610. The van der Waals surface area contributed by atoms with Gasteiger partial charge in [0.2, 0.25) is 0 Å². The number of fused-ring (bicyclic) bond motifs is 7. The number of aliphatic hydroxyl groups excluding tert-OH is 2. The molecule has 12 atom stereocenters. The average Bonchev–Trinajstić information content (AvgIpc) is 2.79. The highest BCUT2D eigenvalue weighted by Crippen LogP contribution is 2.78. The van der Waals surface area contributed by atoms with Crippen LogP contribution in [0.2, 0.25) is 0 Å². The Morgan fingerprint density at radius 3 is 2.24 bits per heavy atom. The molecule has 7 fully saturated rings. The average molecular weight is 473 g/mol. The third-order valence-corrected chi connectivity index (χ3v) is 14.5. The van der Waals surface area contributed by atoms with Crippen molar-refractivity contribution < 1.29 is 19.7 Å². The van der Waals surface area contributed by atoms with Crippen LogP contribution in [0.3, 0.4) is 0 Å². The Morgan fingerprint density at radius 2 is 1.56 bits per heavy atom. The van der Waals surface area contributed by atoms with Gasteiger partial charge in [-0.2, -0.15) is 0 Å². The molecule has 2 heterocycles. The highest BCUT2D eigenvalue weighted by molar-refractivity contribution is 5.80. The van der Waals surface area contributed by atoms with Crippen LogP contribution in [0.1, 0.15) is 106 Å². The molecule has 5 saturated carbocycles. The number of rotatable bonds is 1. The lowest BCUT2D eigenvalue weighted by Gasteiger charge is -2.75. The second kappa shape index (κ2) is 6.82. The summed E-state index contributed by atoms with van der Waals surface area (Å²) in [6, 6.07) is 0. The summed E-state index contributed by atoms with van der Waals surface area (Å²) in [5.41, 5.74) is -0.287. The van der Waals surface area contributed by atoms with E-state index in [4.69, 9.17) is 4.74 Å². The van der Waals surface area contributed by atoms with Gasteiger partial charge in [-0.1, -0.05) is 34.6 Å². The van der Waals surface area contributed by atoms with E-state index in [1.807, 2.05) is 0 Å². The second-order valence-corrected chi connectivity index (χ2v) is 15.1. The van der Waals surface area contributed by atoms with Crippen LogP contribution in [0, 0.1) is 56.7 Å². The zero-order valence-corrected chi connectivity index (χ0v) is 22.5. The summed E-state index contributed by atoms with van der Waals surface area (Å²) in [7, 11) is 0. The summed E-state index contributed by atoms with van der Waals surface area (Å²) in [6.07, 6.45) is 10.4. The van der Waals surface area contributed by atoms with Gasteiger partial charge in [-0.15, -0.1) is 0 Å². The molecule has 7 aliphatic rings. The van der Waals surface area contributed by atoms with Crippen molar-refractivity contribution in [3.8, 4) is 0 Å². The Kier molecular flexibility index (Phi) is 4.77. The smallest absolute Gasteiger partial charge is 0.312 e. The molecule has 4 nitrogen and oxygen atoms in total. The highest BCUT2D eigenvalue weighted by Gasteiger charge is 2.74. The minimum Gasteiger partial charge on any atom is -0.459 e. The molecule has 0 radical (unpaired) electrons. The number of hydrogen-bond acceptors (Lipinski definition) is 4. The Morgan fingerprint density at radius 1 is 0.853 bits per heavy atom. The zero-order valence-electron chi connectivity index (χ0n) is 22.5. The van der Waals surface area contributed by atoms with Crippen molar-refractivity contribution in [3.63, 3.8) is 0 Å². The second-order valence-electron chi connectivity index (χ2n) is 15.1. The van der Waals surface area contributed by atoms with Gasteiger partial charge in [-0.3, -0.25) is 4.79 Å². The molecule has 7 rings (SSSR count). The van der Waals surface area contributed by atoms with E-state index < -0.39 is 11.5 Å². The molecular weight excluding hydrogens is 424 g/mol. The van der Waals surface area contributed by atoms with Crippen LogP contribution in [0.15, 0.2) is 0 Å². The Balaban J connectivity index is 1.40. The minimum absolute atomic E-state index is 0.0839. The maximum atomic E-state index is 13.4. The molecule has 0 aromatic carbocycles. The fraction of sp³-hybridized carbons (Fsp3) is 0.967. The molecular formula is C30H48O4. The van der Waals surface area contributed by atoms with Crippen molar-refractivity contribution in [2.75, 3.05) is 6.61 Å². The molecule has 12 unspecified atom stereocenters. The predicted octanol–water partition coefficient (Wildman–Crippen LogP) is 5.74. The number of ether oxygens (including phenoxy) is 1. The third kappa shape index (κ3) is 2.42. The third-order valence-electron chi connectivity index (χ3n) is 14.5. The standard InChI is InChI=1S/C30H48O4/c1-18-23-19-7-8-21-25(2)11-10-22(32)26(3,17-31)20(25)9-12-28(21,5)27(19,4)13-15-30(23)16-14-29(18,6)34-24(30)33/h18-23,31-32H,7-17H2,1-6H3. The van der Waals surface area contributed by atoms with Gasteiger partial charge in [0.15, 0.2) is 0 Å². The number of aliphatic hydroxyl groups is 2. The number of carbonyl (C=O) groups is 1. The zero-order chi connectivity index (χ0) is 24.5. The minimum atomic E-state index is -0.396. The van der Waals surface area contributed by atoms with E-state index in [0.717, 1.165) is 44.9 Å². The van der Waals surface area contributed by atoms with E-state index in [9.17, 15) is 15.0 Å². The van der Waals surface area contributed by atoms with Gasteiger partial charge in [-0.25, -0.2) is 0 Å². The van der Waals surface area contributed by atoms with Crippen molar-refractivity contribution in [3.05, 3.63) is 0 Å². The van der Waals surface area contributed by atoms with Gasteiger partial charge >= 0.3 is 5.97 Å². The quantitative estimate of drug-likeness (QED) is 0.478. The molecule has 4 heteroatoms. The van der Waals surface area contributed by atoms with Gasteiger partial charge in [0.25, 0.3) is 0 Å². The topological polar surface area (TPSA) is 66.8 Å². The van der Waals surface area contributed by atoms with E-state index in [-0.39, 0.29) is 39.8 Å². The molecule has 2 aliphatic heterocycles. The maximum Gasteiger partial charge on any atom is 0.312 e. The lowest BCUT2D eigenvalue weighted by atomic mass is 9.30. The van der Waals surface area contributed by atoms with Crippen LogP contribution in [-0.2, 0) is 9.53 Å². The van der Waals surface area contributed by atoms with Crippen LogP contribution in [0.25, 0.3) is 0 Å². The molecule has 2 bridgehead atoms. The highest BCUT2D eigenvalue weighted by atomic mass is 16.6. The molecule has 0 aromatic heterocycles. The molecule has 2 N–H and O–H groups in total. The van der Waals surface area contributed by atoms with Crippen LogP contribution < -0.4 is 0 Å². The van der Waals surface area contributed by atoms with E-state index in [2.05, 4.69) is 41.5 Å². The summed E-state index contributed by atoms with van der Waals surface area (Å²) < 4.78 is 6.14. The fourth-order valence-electron chi connectivity index (χ4n) is 12.1. The fourth-order valence-corrected chi connectivity index (χ4v) is 12.1. The first kappa shape index (κ1) is 23.8. The van der Waals surface area contributed by atoms with Crippen molar-refractivity contribution in [2.24, 2.45) is 56.7 Å². The Labute approximate surface area is 206 Å². The first-order valence-corrected chi connectivity index (χ1v) is 14.3. The Bertz CT molecular complexity index is 902. The summed E-state index contributed by atoms with van der Waals surface area (Å²) in [4.78, 5) is 13.4. The van der Waals surface area contributed by atoms with Gasteiger partial charge < -0.3 is 14.9 Å². The number of esters is 1. The summed E-state index contributed by atoms with van der Waals surface area (Å²) in [6.45, 7) is 14.5. The molecule has 0 aromatic rings. The van der Waals surface area contributed by atoms with Gasteiger partial charge in [0.1, 0.15) is 5.60 Å². The van der Waals surface area contributed by atoms with Gasteiger partial charge in [-0.05, 0) is 117 Å². The number of carbonyl (C=O) groups excluding carboxylic acids is 1. The molecule has 1 spiro atoms. The van der Waals surface area contributed by atoms with Crippen LogP contribution in [0.4, 0.5) is 0 Å².